The maximum atomic E-state index is 9.17. The van der Waals surface area contributed by atoms with Crippen molar-refractivity contribution in [2.24, 2.45) is 13.0 Å². The summed E-state index contributed by atoms with van der Waals surface area (Å²) in [5.41, 5.74) is 1.23. The van der Waals surface area contributed by atoms with Crippen LogP contribution in [-0.4, -0.2) is 27.8 Å². The Hall–Kier alpha value is -1.85. The summed E-state index contributed by atoms with van der Waals surface area (Å²) in [6.07, 6.45) is 7.39. The maximum absolute atomic E-state index is 9.17. The van der Waals surface area contributed by atoms with Crippen LogP contribution in [-0.2, 0) is 7.05 Å². The number of nitrogens with zero attached hydrogens (tertiary/aromatic N) is 5. The first-order valence-electron chi connectivity index (χ1n) is 6.73. The Morgan fingerprint density at radius 1 is 1.53 bits per heavy atom. The van der Waals surface area contributed by atoms with E-state index >= 15 is 0 Å². The molecule has 1 aliphatic rings. The van der Waals surface area contributed by atoms with E-state index in [2.05, 4.69) is 28.3 Å². The summed E-state index contributed by atoms with van der Waals surface area (Å²) >= 11 is 0. The van der Waals surface area contributed by atoms with Gasteiger partial charge in [0.1, 0.15) is 0 Å². The predicted molar refractivity (Wildman–Crippen MR) is 70.7 cm³/mol. The van der Waals surface area contributed by atoms with Gasteiger partial charge in [0, 0.05) is 37.8 Å². The van der Waals surface area contributed by atoms with Crippen molar-refractivity contribution in [2.45, 2.75) is 31.7 Å². The molecule has 100 valence electrons. The molecule has 0 bridgehead atoms. The second kappa shape index (κ2) is 6.36. The Labute approximate surface area is 114 Å². The van der Waals surface area contributed by atoms with E-state index in [1.807, 2.05) is 17.9 Å². The van der Waals surface area contributed by atoms with Gasteiger partial charge in [-0.25, -0.2) is 0 Å². The van der Waals surface area contributed by atoms with Gasteiger partial charge in [-0.05, 0) is 25.8 Å². The predicted octanol–water partition coefficient (Wildman–Crippen LogP) is 2.00. The van der Waals surface area contributed by atoms with Crippen LogP contribution in [0.5, 0.6) is 0 Å². The summed E-state index contributed by atoms with van der Waals surface area (Å²) in [7, 11) is 1.92. The van der Waals surface area contributed by atoms with Crippen LogP contribution in [0.2, 0.25) is 0 Å². The van der Waals surface area contributed by atoms with Gasteiger partial charge in [0.05, 0.1) is 24.3 Å². The highest BCUT2D eigenvalue weighted by Crippen LogP contribution is 2.32. The molecule has 0 N–H and O–H groups in total. The molecule has 0 unspecified atom stereocenters. The van der Waals surface area contributed by atoms with Gasteiger partial charge in [0.15, 0.2) is 0 Å². The highest BCUT2D eigenvalue weighted by Gasteiger charge is 2.28. The smallest absolute Gasteiger partial charge is 0.0669 e. The largest absolute Gasteiger partial charge is 0.295 e. The van der Waals surface area contributed by atoms with Crippen LogP contribution in [0.4, 0.5) is 0 Å². The Bertz CT molecular complexity index is 493. The molecule has 1 fully saturated rings. The molecular formula is C14H19N5. The SMILES string of the molecule is Cn1cc([C@@H]2CCCN2C[C@@H](C#N)CCC#N)cn1. The van der Waals surface area contributed by atoms with Crippen molar-refractivity contribution >= 4 is 0 Å². The van der Waals surface area contributed by atoms with E-state index in [9.17, 15) is 5.26 Å². The topological polar surface area (TPSA) is 68.6 Å². The van der Waals surface area contributed by atoms with E-state index in [1.165, 1.54) is 5.56 Å². The van der Waals surface area contributed by atoms with Gasteiger partial charge >= 0.3 is 0 Å². The van der Waals surface area contributed by atoms with E-state index in [0.29, 0.717) is 18.9 Å². The van der Waals surface area contributed by atoms with Crippen LogP contribution in [0, 0.1) is 28.6 Å². The van der Waals surface area contributed by atoms with Crippen molar-refractivity contribution in [1.82, 2.24) is 14.7 Å². The lowest BCUT2D eigenvalue weighted by atomic mass is 10.0. The molecular weight excluding hydrogens is 238 g/mol. The zero-order valence-corrected chi connectivity index (χ0v) is 11.3. The maximum Gasteiger partial charge on any atom is 0.0669 e. The minimum absolute atomic E-state index is 0.0445. The highest BCUT2D eigenvalue weighted by atomic mass is 15.3. The lowest BCUT2D eigenvalue weighted by Crippen LogP contribution is -2.28. The minimum atomic E-state index is -0.0445. The molecule has 2 rings (SSSR count). The van der Waals surface area contributed by atoms with Gasteiger partial charge in [0.2, 0.25) is 0 Å². The average Bonchev–Trinajstić information content (AvgIpc) is 3.02. The van der Waals surface area contributed by atoms with Crippen LogP contribution >= 0.6 is 0 Å². The summed E-state index contributed by atoms with van der Waals surface area (Å²) in [6, 6.07) is 4.83. The molecule has 0 radical (unpaired) electrons. The van der Waals surface area contributed by atoms with Crippen molar-refractivity contribution in [1.29, 1.82) is 10.5 Å². The number of likely N-dealkylation sites (tertiary alicyclic amines) is 1. The third kappa shape index (κ3) is 3.33. The molecule has 0 spiro atoms. The molecule has 5 nitrogen and oxygen atoms in total. The van der Waals surface area contributed by atoms with Crippen molar-refractivity contribution < 1.29 is 0 Å². The van der Waals surface area contributed by atoms with Crippen molar-refractivity contribution in [3.05, 3.63) is 18.0 Å². The molecule has 0 aliphatic carbocycles. The van der Waals surface area contributed by atoms with E-state index in [1.54, 1.807) is 0 Å². The number of rotatable bonds is 5. The van der Waals surface area contributed by atoms with Gasteiger partial charge in [-0.1, -0.05) is 0 Å². The normalized spacial score (nSPS) is 20.9. The van der Waals surface area contributed by atoms with Gasteiger partial charge in [0.25, 0.3) is 0 Å². The van der Waals surface area contributed by atoms with E-state index in [4.69, 9.17) is 5.26 Å². The van der Waals surface area contributed by atoms with Gasteiger partial charge in [-0.2, -0.15) is 15.6 Å². The highest BCUT2D eigenvalue weighted by molar-refractivity contribution is 5.12. The standard InChI is InChI=1S/C14H19N5/c1-18-11-13(9-17-18)14-5-3-7-19(14)10-12(8-16)4-2-6-15/h9,11-12,14H,2-5,7,10H2,1H3/t12-,14+/m1/s1. The third-order valence-corrected chi connectivity index (χ3v) is 3.72. The lowest BCUT2D eigenvalue weighted by molar-refractivity contribution is 0.230. The van der Waals surface area contributed by atoms with E-state index < -0.39 is 0 Å². The summed E-state index contributed by atoms with van der Waals surface area (Å²) in [5, 5.41) is 22.0. The second-order valence-electron chi connectivity index (χ2n) is 5.12. The second-order valence-corrected chi connectivity index (χ2v) is 5.12. The molecule has 2 heterocycles. The molecule has 5 heteroatoms. The van der Waals surface area contributed by atoms with Crippen molar-refractivity contribution in [3.8, 4) is 12.1 Å². The van der Waals surface area contributed by atoms with Crippen molar-refractivity contribution in [2.75, 3.05) is 13.1 Å². The Morgan fingerprint density at radius 2 is 2.37 bits per heavy atom. The van der Waals surface area contributed by atoms with E-state index in [0.717, 1.165) is 25.9 Å². The fraction of sp³-hybridized carbons (Fsp3) is 0.643. The number of aromatic nitrogens is 2. The molecule has 0 amide bonds. The molecule has 1 aromatic rings. The van der Waals surface area contributed by atoms with Crippen LogP contribution in [0.25, 0.3) is 0 Å². The van der Waals surface area contributed by atoms with Gasteiger partial charge in [-0.3, -0.25) is 9.58 Å². The fourth-order valence-electron chi connectivity index (χ4n) is 2.75. The zero-order chi connectivity index (χ0) is 13.7. The summed E-state index contributed by atoms with van der Waals surface area (Å²) < 4.78 is 1.82. The van der Waals surface area contributed by atoms with Crippen LogP contribution in [0.3, 0.4) is 0 Å². The minimum Gasteiger partial charge on any atom is -0.295 e. The fourth-order valence-corrected chi connectivity index (χ4v) is 2.75. The van der Waals surface area contributed by atoms with E-state index in [-0.39, 0.29) is 5.92 Å². The number of hydrogen-bond donors (Lipinski definition) is 0. The average molecular weight is 257 g/mol. The summed E-state index contributed by atoms with van der Waals surface area (Å²) in [4.78, 5) is 2.36. The van der Waals surface area contributed by atoms with Crippen LogP contribution in [0.1, 0.15) is 37.3 Å². The molecule has 19 heavy (non-hydrogen) atoms. The van der Waals surface area contributed by atoms with Gasteiger partial charge in [-0.15, -0.1) is 0 Å². The summed E-state index contributed by atoms with van der Waals surface area (Å²) in [6.45, 7) is 1.79. The van der Waals surface area contributed by atoms with Crippen molar-refractivity contribution in [3.63, 3.8) is 0 Å². The molecule has 1 saturated heterocycles. The van der Waals surface area contributed by atoms with Gasteiger partial charge < -0.3 is 0 Å². The Kier molecular flexibility index (Phi) is 4.54. The lowest BCUT2D eigenvalue weighted by Gasteiger charge is -2.25. The van der Waals surface area contributed by atoms with Crippen LogP contribution < -0.4 is 0 Å². The molecule has 2 atom stereocenters. The molecule has 0 aromatic carbocycles. The molecule has 1 aliphatic heterocycles. The van der Waals surface area contributed by atoms with Crippen LogP contribution in [0.15, 0.2) is 12.4 Å². The monoisotopic (exact) mass is 257 g/mol. The third-order valence-electron chi connectivity index (χ3n) is 3.72. The zero-order valence-electron chi connectivity index (χ0n) is 11.3. The Balaban J connectivity index is 1.99. The first-order valence-corrected chi connectivity index (χ1v) is 6.73. The number of hydrogen-bond acceptors (Lipinski definition) is 4. The Morgan fingerprint density at radius 3 is 3.00 bits per heavy atom. The first-order chi connectivity index (χ1) is 9.24. The molecule has 0 saturated carbocycles. The quantitative estimate of drug-likeness (QED) is 0.809. The number of nitriles is 2. The summed E-state index contributed by atoms with van der Waals surface area (Å²) in [5.74, 6) is -0.0445. The first kappa shape index (κ1) is 13.6. The molecule has 1 aromatic heterocycles. The number of aryl methyl sites for hydroxylation is 1.